The maximum Gasteiger partial charge on any atom is 2.00 e. The number of hydrogen-bond donors (Lipinski definition) is 0. The van der Waals surface area contributed by atoms with Gasteiger partial charge >= 0.3 is 21.7 Å². The van der Waals surface area contributed by atoms with Crippen LogP contribution >= 0.6 is 24.8 Å². The monoisotopic (exact) mass is 309 g/mol. The number of halogens is 2. The van der Waals surface area contributed by atoms with Crippen LogP contribution in [0, 0.1) is 12.2 Å². The van der Waals surface area contributed by atoms with Gasteiger partial charge in [0.15, 0.2) is 0 Å². The summed E-state index contributed by atoms with van der Waals surface area (Å²) < 4.78 is 0. The molecule has 0 saturated heterocycles. The summed E-state index contributed by atoms with van der Waals surface area (Å²) >= 11 is 0. The predicted molar refractivity (Wildman–Crippen MR) is 77.2 cm³/mol. The molecular formula is C13H21Cl2NTi. The van der Waals surface area contributed by atoms with Gasteiger partial charge in [-0.3, -0.25) is 12.2 Å². The summed E-state index contributed by atoms with van der Waals surface area (Å²) in [5, 5.41) is 0. The van der Waals surface area contributed by atoms with Gasteiger partial charge in [0.25, 0.3) is 0 Å². The SMILES string of the molecule is CN(C)C.Cl.Cl.[C-]1=CC=CC1.[C-]1=CC=CC1.[Ti+2]. The van der Waals surface area contributed by atoms with Crippen LogP contribution in [0.4, 0.5) is 0 Å². The van der Waals surface area contributed by atoms with Gasteiger partial charge in [-0.25, -0.2) is 24.3 Å². The topological polar surface area (TPSA) is 3.24 Å². The molecule has 17 heavy (non-hydrogen) atoms. The molecular weight excluding hydrogens is 289 g/mol. The quantitative estimate of drug-likeness (QED) is 0.488. The van der Waals surface area contributed by atoms with Crippen LogP contribution < -0.4 is 0 Å². The van der Waals surface area contributed by atoms with Crippen molar-refractivity contribution in [3.63, 3.8) is 0 Å². The summed E-state index contributed by atoms with van der Waals surface area (Å²) in [6, 6.07) is 0. The molecule has 0 N–H and O–H groups in total. The van der Waals surface area contributed by atoms with Gasteiger partial charge in [0.05, 0.1) is 0 Å². The Balaban J connectivity index is -0.0000000692. The molecule has 0 aromatic rings. The van der Waals surface area contributed by atoms with E-state index in [-0.39, 0.29) is 46.5 Å². The summed E-state index contributed by atoms with van der Waals surface area (Å²) in [6.07, 6.45) is 20.0. The van der Waals surface area contributed by atoms with Gasteiger partial charge in [0.1, 0.15) is 0 Å². The van der Waals surface area contributed by atoms with Crippen LogP contribution in [0.3, 0.4) is 0 Å². The van der Waals surface area contributed by atoms with Crippen molar-refractivity contribution in [3.8, 4) is 0 Å². The first-order chi connectivity index (χ1) is 6.73. The smallest absolute Gasteiger partial charge is 0.312 e. The summed E-state index contributed by atoms with van der Waals surface area (Å²) in [5.74, 6) is 0. The minimum absolute atomic E-state index is 0. The van der Waals surface area contributed by atoms with Crippen LogP contribution in [-0.2, 0) is 21.7 Å². The molecule has 2 aliphatic carbocycles. The minimum Gasteiger partial charge on any atom is -0.312 e. The molecule has 0 aromatic carbocycles. The van der Waals surface area contributed by atoms with Crippen molar-refractivity contribution in [2.75, 3.05) is 21.1 Å². The Hall–Kier alpha value is 0.214. The average Bonchev–Trinajstić information content (AvgIpc) is 2.83. The summed E-state index contributed by atoms with van der Waals surface area (Å²) in [7, 11) is 6.00. The number of nitrogens with zero attached hydrogens (tertiary/aromatic N) is 1. The molecule has 2 aliphatic rings. The zero-order valence-electron chi connectivity index (χ0n) is 10.6. The van der Waals surface area contributed by atoms with Crippen LogP contribution in [-0.4, -0.2) is 26.0 Å². The Morgan fingerprint density at radius 1 is 0.824 bits per heavy atom. The zero-order chi connectivity index (χ0) is 10.6. The predicted octanol–water partition coefficient (Wildman–Crippen LogP) is 3.63. The van der Waals surface area contributed by atoms with Crippen LogP contribution in [0.25, 0.3) is 0 Å². The van der Waals surface area contributed by atoms with Crippen LogP contribution in [0.5, 0.6) is 0 Å². The van der Waals surface area contributed by atoms with Gasteiger partial charge in [-0.2, -0.15) is 12.2 Å². The van der Waals surface area contributed by atoms with E-state index in [4.69, 9.17) is 0 Å². The van der Waals surface area contributed by atoms with Crippen molar-refractivity contribution in [2.24, 2.45) is 0 Å². The third-order valence-corrected chi connectivity index (χ3v) is 1.17. The molecule has 0 bridgehead atoms. The maximum atomic E-state index is 2.99. The van der Waals surface area contributed by atoms with Crippen molar-refractivity contribution in [2.45, 2.75) is 12.8 Å². The first-order valence-corrected chi connectivity index (χ1v) is 4.78. The summed E-state index contributed by atoms with van der Waals surface area (Å²) in [6.45, 7) is 0. The summed E-state index contributed by atoms with van der Waals surface area (Å²) in [4.78, 5) is 2.00. The van der Waals surface area contributed by atoms with Gasteiger partial charge in [-0.05, 0) is 21.1 Å². The number of allylic oxidation sites excluding steroid dienone is 8. The fraction of sp³-hybridized carbons (Fsp3) is 0.385. The normalized spacial score (nSPS) is 12.5. The fourth-order valence-corrected chi connectivity index (χ4v) is 0.680. The van der Waals surface area contributed by atoms with E-state index in [0.717, 1.165) is 12.8 Å². The van der Waals surface area contributed by atoms with Gasteiger partial charge < -0.3 is 4.90 Å². The van der Waals surface area contributed by atoms with Gasteiger partial charge in [0, 0.05) is 0 Å². The van der Waals surface area contributed by atoms with Crippen LogP contribution in [0.15, 0.2) is 36.5 Å². The Kier molecular flexibility index (Phi) is 32.8. The molecule has 0 aliphatic heterocycles. The van der Waals surface area contributed by atoms with Gasteiger partial charge in [0.2, 0.25) is 0 Å². The van der Waals surface area contributed by atoms with E-state index in [9.17, 15) is 0 Å². The number of rotatable bonds is 0. The van der Waals surface area contributed by atoms with E-state index >= 15 is 0 Å². The van der Waals surface area contributed by atoms with Crippen molar-refractivity contribution >= 4 is 24.8 Å². The summed E-state index contributed by atoms with van der Waals surface area (Å²) in [5.41, 5.74) is 0. The van der Waals surface area contributed by atoms with E-state index in [0.29, 0.717) is 0 Å². The van der Waals surface area contributed by atoms with E-state index in [1.807, 2.05) is 50.3 Å². The second-order valence-corrected chi connectivity index (χ2v) is 3.35. The van der Waals surface area contributed by atoms with E-state index in [1.54, 1.807) is 0 Å². The molecule has 1 nitrogen and oxygen atoms in total. The third-order valence-electron chi connectivity index (χ3n) is 1.17. The molecule has 4 heteroatoms. The average molecular weight is 310 g/mol. The molecule has 0 radical (unpaired) electrons. The minimum atomic E-state index is 0. The Morgan fingerprint density at radius 2 is 1.12 bits per heavy atom. The molecule has 0 amide bonds. The van der Waals surface area contributed by atoms with Crippen LogP contribution in [0.1, 0.15) is 12.8 Å². The standard InChI is InChI=1S/2C5H5.C3H9N.2ClH.Ti/c2*1-2-4-5-3-1;1-4(2)3;;;/h2*1-3H,4H2;1-3H3;2*1H;/q2*-1;;;;+2. The van der Waals surface area contributed by atoms with Crippen molar-refractivity contribution in [3.05, 3.63) is 48.6 Å². The molecule has 0 heterocycles. The van der Waals surface area contributed by atoms with Crippen molar-refractivity contribution < 1.29 is 21.7 Å². The first kappa shape index (κ1) is 25.9. The Labute approximate surface area is 133 Å². The molecule has 0 spiro atoms. The molecule has 96 valence electrons. The Morgan fingerprint density at radius 3 is 1.18 bits per heavy atom. The maximum absolute atomic E-state index is 2.99. The van der Waals surface area contributed by atoms with E-state index in [1.165, 1.54) is 0 Å². The molecule has 2 rings (SSSR count). The molecule has 0 fully saturated rings. The van der Waals surface area contributed by atoms with Gasteiger partial charge in [-0.1, -0.05) is 0 Å². The molecule has 0 saturated carbocycles. The van der Waals surface area contributed by atoms with E-state index in [2.05, 4.69) is 24.3 Å². The van der Waals surface area contributed by atoms with Crippen LogP contribution in [0.2, 0.25) is 0 Å². The second kappa shape index (κ2) is 21.5. The molecule has 0 atom stereocenters. The molecule has 0 aromatic heterocycles. The van der Waals surface area contributed by atoms with Crippen molar-refractivity contribution in [1.82, 2.24) is 4.90 Å². The largest absolute Gasteiger partial charge is 2.00 e. The second-order valence-electron chi connectivity index (χ2n) is 3.35. The number of hydrogen-bond acceptors (Lipinski definition) is 1. The first-order valence-electron chi connectivity index (χ1n) is 4.78. The van der Waals surface area contributed by atoms with E-state index < -0.39 is 0 Å². The third kappa shape index (κ3) is 31.4. The van der Waals surface area contributed by atoms with Crippen molar-refractivity contribution in [1.29, 1.82) is 0 Å². The molecule has 0 unspecified atom stereocenters. The fourth-order valence-electron chi connectivity index (χ4n) is 0.680. The Bertz CT molecular complexity index is 189. The van der Waals surface area contributed by atoms with Gasteiger partial charge in [-0.15, -0.1) is 37.7 Å². The zero-order valence-corrected chi connectivity index (χ0v) is 13.8.